The first-order valence-corrected chi connectivity index (χ1v) is 8.00. The molecule has 6 nitrogen and oxygen atoms in total. The number of nitrogens with zero attached hydrogens (tertiary/aromatic N) is 1. The number of hydrogen-bond donors (Lipinski definition) is 1. The highest BCUT2D eigenvalue weighted by atomic mass is 79.9. The smallest absolute Gasteiger partial charge is 0.318 e. The molecule has 20 heavy (non-hydrogen) atoms. The number of rotatable bonds is 6. The van der Waals surface area contributed by atoms with E-state index in [0.717, 1.165) is 4.31 Å². The molecule has 1 aromatic carbocycles. The SMILES string of the molecule is COc1ccc(Br)cc1S(=O)(=O)N(CC(=O)O)C(C)C. The van der Waals surface area contributed by atoms with Crippen LogP contribution in [0.2, 0.25) is 0 Å². The summed E-state index contributed by atoms with van der Waals surface area (Å²) in [5.41, 5.74) is 0. The summed E-state index contributed by atoms with van der Waals surface area (Å²) in [5, 5.41) is 8.88. The van der Waals surface area contributed by atoms with E-state index in [1.807, 2.05) is 0 Å². The minimum Gasteiger partial charge on any atom is -0.495 e. The van der Waals surface area contributed by atoms with Gasteiger partial charge in [-0.15, -0.1) is 0 Å². The minimum absolute atomic E-state index is 0.0654. The van der Waals surface area contributed by atoms with Gasteiger partial charge in [0.05, 0.1) is 7.11 Å². The van der Waals surface area contributed by atoms with Crippen molar-refractivity contribution in [1.82, 2.24) is 4.31 Å². The Kier molecular flexibility index (Phi) is 5.55. The predicted molar refractivity (Wildman–Crippen MR) is 77.4 cm³/mol. The number of carboxylic acid groups (broad SMARTS) is 1. The molecule has 0 atom stereocenters. The number of carbonyl (C=O) groups is 1. The van der Waals surface area contributed by atoms with E-state index in [0.29, 0.717) is 4.47 Å². The van der Waals surface area contributed by atoms with Gasteiger partial charge in [-0.05, 0) is 32.0 Å². The number of benzene rings is 1. The van der Waals surface area contributed by atoms with E-state index in [2.05, 4.69) is 15.9 Å². The summed E-state index contributed by atoms with van der Waals surface area (Å²) in [6, 6.07) is 4.07. The Balaban J connectivity index is 3.40. The standard InChI is InChI=1S/C12H16BrNO5S/c1-8(2)14(7-12(15)16)20(17,18)11-6-9(13)4-5-10(11)19-3/h4-6,8H,7H2,1-3H3,(H,15,16). The Morgan fingerprint density at radius 3 is 2.50 bits per heavy atom. The van der Waals surface area contributed by atoms with Gasteiger partial charge in [0, 0.05) is 10.5 Å². The molecule has 0 bridgehead atoms. The number of aliphatic carboxylic acids is 1. The second-order valence-corrected chi connectivity index (χ2v) is 7.11. The summed E-state index contributed by atoms with van der Waals surface area (Å²) in [5.74, 6) is -1.04. The predicted octanol–water partition coefficient (Wildman–Crippen LogP) is 1.94. The highest BCUT2D eigenvalue weighted by Crippen LogP contribution is 2.30. The molecule has 0 radical (unpaired) electrons. The van der Waals surface area contributed by atoms with Crippen molar-refractivity contribution in [3.05, 3.63) is 22.7 Å². The van der Waals surface area contributed by atoms with Crippen LogP contribution < -0.4 is 4.74 Å². The van der Waals surface area contributed by atoms with Crippen LogP contribution in [0.1, 0.15) is 13.8 Å². The van der Waals surface area contributed by atoms with E-state index < -0.39 is 28.6 Å². The normalized spacial score (nSPS) is 11.9. The van der Waals surface area contributed by atoms with Crippen LogP contribution in [0.4, 0.5) is 0 Å². The molecule has 0 fully saturated rings. The highest BCUT2D eigenvalue weighted by molar-refractivity contribution is 9.10. The molecule has 8 heteroatoms. The average molecular weight is 366 g/mol. The minimum atomic E-state index is -3.96. The van der Waals surface area contributed by atoms with Gasteiger partial charge in [-0.3, -0.25) is 4.79 Å². The Morgan fingerprint density at radius 2 is 2.05 bits per heavy atom. The van der Waals surface area contributed by atoms with E-state index in [-0.39, 0.29) is 10.6 Å². The van der Waals surface area contributed by atoms with Crippen molar-refractivity contribution >= 4 is 31.9 Å². The first-order valence-electron chi connectivity index (χ1n) is 5.77. The second kappa shape index (κ2) is 6.55. The molecule has 1 aromatic rings. The van der Waals surface area contributed by atoms with Crippen LogP contribution in [0.5, 0.6) is 5.75 Å². The van der Waals surface area contributed by atoms with Crippen molar-refractivity contribution in [3.63, 3.8) is 0 Å². The van der Waals surface area contributed by atoms with E-state index in [9.17, 15) is 13.2 Å². The molecule has 0 aliphatic heterocycles. The van der Waals surface area contributed by atoms with Gasteiger partial charge in [0.25, 0.3) is 0 Å². The topological polar surface area (TPSA) is 83.9 Å². The number of hydrogen-bond acceptors (Lipinski definition) is 4. The fraction of sp³-hybridized carbons (Fsp3) is 0.417. The largest absolute Gasteiger partial charge is 0.495 e. The maximum atomic E-state index is 12.6. The molecule has 0 amide bonds. The maximum Gasteiger partial charge on any atom is 0.318 e. The van der Waals surface area contributed by atoms with Gasteiger partial charge in [0.2, 0.25) is 10.0 Å². The lowest BCUT2D eigenvalue weighted by molar-refractivity contribution is -0.137. The lowest BCUT2D eigenvalue weighted by Crippen LogP contribution is -2.40. The van der Waals surface area contributed by atoms with E-state index in [4.69, 9.17) is 9.84 Å². The number of sulfonamides is 1. The van der Waals surface area contributed by atoms with Gasteiger partial charge in [-0.2, -0.15) is 4.31 Å². The zero-order chi connectivity index (χ0) is 15.5. The fourth-order valence-corrected chi connectivity index (χ4v) is 3.94. The van der Waals surface area contributed by atoms with Gasteiger partial charge in [-0.1, -0.05) is 15.9 Å². The fourth-order valence-electron chi connectivity index (χ4n) is 1.66. The molecule has 0 aliphatic carbocycles. The van der Waals surface area contributed by atoms with Gasteiger partial charge >= 0.3 is 5.97 Å². The van der Waals surface area contributed by atoms with Crippen molar-refractivity contribution < 1.29 is 23.1 Å². The summed E-state index contributed by atoms with van der Waals surface area (Å²) in [6.45, 7) is 2.63. The van der Waals surface area contributed by atoms with Gasteiger partial charge < -0.3 is 9.84 Å². The van der Waals surface area contributed by atoms with Crippen molar-refractivity contribution in [2.75, 3.05) is 13.7 Å². The molecule has 0 unspecified atom stereocenters. The molecule has 0 aromatic heterocycles. The number of carboxylic acids is 1. The molecular weight excluding hydrogens is 350 g/mol. The molecular formula is C12H16BrNO5S. The van der Waals surface area contributed by atoms with Gasteiger partial charge in [-0.25, -0.2) is 8.42 Å². The molecule has 1 rings (SSSR count). The highest BCUT2D eigenvalue weighted by Gasteiger charge is 2.31. The Hall–Kier alpha value is -1.12. The second-order valence-electron chi connectivity index (χ2n) is 4.33. The summed E-state index contributed by atoms with van der Waals surface area (Å²) in [6.07, 6.45) is 0. The Labute approximate surface area is 126 Å². The summed E-state index contributed by atoms with van der Waals surface area (Å²) >= 11 is 3.20. The quantitative estimate of drug-likeness (QED) is 0.832. The summed E-state index contributed by atoms with van der Waals surface area (Å²) in [7, 11) is -2.60. The van der Waals surface area contributed by atoms with E-state index in [1.54, 1.807) is 19.9 Å². The molecule has 0 aliphatic rings. The molecule has 0 heterocycles. The van der Waals surface area contributed by atoms with Crippen molar-refractivity contribution in [1.29, 1.82) is 0 Å². The molecule has 112 valence electrons. The lowest BCUT2D eigenvalue weighted by atomic mass is 10.3. The summed E-state index contributed by atoms with van der Waals surface area (Å²) in [4.78, 5) is 10.8. The molecule has 0 saturated carbocycles. The molecule has 1 N–H and O–H groups in total. The Bertz CT molecular complexity index is 600. The first kappa shape index (κ1) is 16.9. The number of ether oxygens (including phenoxy) is 1. The van der Waals surface area contributed by atoms with Crippen molar-refractivity contribution in [3.8, 4) is 5.75 Å². The molecule has 0 spiro atoms. The monoisotopic (exact) mass is 365 g/mol. The van der Waals surface area contributed by atoms with Crippen molar-refractivity contribution in [2.24, 2.45) is 0 Å². The van der Waals surface area contributed by atoms with Gasteiger partial charge in [0.15, 0.2) is 0 Å². The van der Waals surface area contributed by atoms with E-state index >= 15 is 0 Å². The van der Waals surface area contributed by atoms with Crippen LogP contribution in [-0.2, 0) is 14.8 Å². The number of halogens is 1. The van der Waals surface area contributed by atoms with E-state index in [1.165, 1.54) is 19.2 Å². The zero-order valence-corrected chi connectivity index (χ0v) is 13.7. The van der Waals surface area contributed by atoms with Crippen LogP contribution in [0.15, 0.2) is 27.6 Å². The molecule has 0 saturated heterocycles. The third kappa shape index (κ3) is 3.71. The van der Waals surface area contributed by atoms with Crippen molar-refractivity contribution in [2.45, 2.75) is 24.8 Å². The third-order valence-electron chi connectivity index (χ3n) is 2.58. The average Bonchev–Trinajstić information content (AvgIpc) is 2.35. The lowest BCUT2D eigenvalue weighted by Gasteiger charge is -2.25. The Morgan fingerprint density at radius 1 is 1.45 bits per heavy atom. The third-order valence-corrected chi connectivity index (χ3v) is 5.12. The van der Waals surface area contributed by atoms with Crippen LogP contribution in [0, 0.1) is 0 Å². The van der Waals surface area contributed by atoms with Gasteiger partial charge in [0.1, 0.15) is 17.2 Å². The van der Waals surface area contributed by atoms with Crippen LogP contribution in [-0.4, -0.2) is 43.5 Å². The van der Waals surface area contributed by atoms with Crippen LogP contribution in [0.3, 0.4) is 0 Å². The zero-order valence-electron chi connectivity index (χ0n) is 11.3. The van der Waals surface area contributed by atoms with Crippen LogP contribution in [0.25, 0.3) is 0 Å². The summed E-state index contributed by atoms with van der Waals surface area (Å²) < 4.78 is 31.7. The maximum absolute atomic E-state index is 12.6. The van der Waals surface area contributed by atoms with Crippen LogP contribution >= 0.6 is 15.9 Å². The first-order chi connectivity index (χ1) is 9.20. The number of methoxy groups -OCH3 is 1.